The van der Waals surface area contributed by atoms with Crippen molar-refractivity contribution in [3.05, 3.63) is 0 Å². The summed E-state index contributed by atoms with van der Waals surface area (Å²) in [6, 6.07) is 0. The van der Waals surface area contributed by atoms with Crippen LogP contribution < -0.4 is 5.73 Å². The number of carbonyl (C=O) groups excluding carboxylic acids is 2. The van der Waals surface area contributed by atoms with E-state index in [0.29, 0.717) is 32.5 Å². The third-order valence-corrected chi connectivity index (χ3v) is 2.42. The van der Waals surface area contributed by atoms with Crippen LogP contribution in [0, 0.1) is 5.92 Å². The number of amides is 2. The number of primary amides is 1. The van der Waals surface area contributed by atoms with Gasteiger partial charge in [0.05, 0.1) is 6.61 Å². The molecule has 0 spiro atoms. The second-order valence-electron chi connectivity index (χ2n) is 3.36. The zero-order valence-corrected chi connectivity index (χ0v) is 10.4. The maximum atomic E-state index is 11.3. The largest absolute Gasteiger partial charge is 0.450 e. The fraction of sp³-hybridized carbons (Fsp3) is 0.818. The summed E-state index contributed by atoms with van der Waals surface area (Å²) in [7, 11) is 0. The van der Waals surface area contributed by atoms with Crippen LogP contribution in [0.1, 0.15) is 33.6 Å². The minimum atomic E-state index is -0.296. The molecule has 0 aromatic carbocycles. The number of nitrogens with zero attached hydrogens (tertiary/aromatic N) is 1. The number of rotatable bonds is 2. The van der Waals surface area contributed by atoms with Crippen LogP contribution in [0.2, 0.25) is 0 Å². The quantitative estimate of drug-likeness (QED) is 0.778. The molecule has 1 saturated heterocycles. The van der Waals surface area contributed by atoms with Gasteiger partial charge in [-0.05, 0) is 19.8 Å². The molecule has 2 N–H and O–H groups in total. The highest BCUT2D eigenvalue weighted by Gasteiger charge is 2.26. The Labute approximate surface area is 96.9 Å². The van der Waals surface area contributed by atoms with Gasteiger partial charge in [0.1, 0.15) is 0 Å². The number of likely N-dealkylation sites (tertiary alicyclic amines) is 1. The van der Waals surface area contributed by atoms with Gasteiger partial charge in [-0.3, -0.25) is 4.79 Å². The lowest BCUT2D eigenvalue weighted by atomic mass is 9.97. The van der Waals surface area contributed by atoms with E-state index in [1.54, 1.807) is 11.8 Å². The Kier molecular flexibility index (Phi) is 7.33. The van der Waals surface area contributed by atoms with Gasteiger partial charge in [-0.15, -0.1) is 0 Å². The van der Waals surface area contributed by atoms with Gasteiger partial charge in [0.2, 0.25) is 5.91 Å². The molecule has 0 aliphatic carbocycles. The van der Waals surface area contributed by atoms with Crippen molar-refractivity contribution in [1.29, 1.82) is 0 Å². The van der Waals surface area contributed by atoms with Gasteiger partial charge < -0.3 is 15.4 Å². The van der Waals surface area contributed by atoms with Crippen molar-refractivity contribution >= 4 is 12.0 Å². The van der Waals surface area contributed by atoms with Gasteiger partial charge in [-0.25, -0.2) is 4.79 Å². The van der Waals surface area contributed by atoms with Gasteiger partial charge in [-0.2, -0.15) is 0 Å². The second-order valence-corrected chi connectivity index (χ2v) is 3.36. The van der Waals surface area contributed by atoms with E-state index in [1.165, 1.54) is 0 Å². The van der Waals surface area contributed by atoms with Crippen molar-refractivity contribution in [2.24, 2.45) is 11.7 Å². The van der Waals surface area contributed by atoms with Gasteiger partial charge in [-0.1, -0.05) is 13.8 Å². The molecule has 0 saturated carbocycles. The molecule has 0 bridgehead atoms. The van der Waals surface area contributed by atoms with Crippen molar-refractivity contribution < 1.29 is 14.3 Å². The summed E-state index contributed by atoms with van der Waals surface area (Å²) < 4.78 is 4.85. The standard InChI is InChI=1S/C9H16N2O3.C2H6/c1-2-14-9(13)11-5-3-7(4-6-11)8(10)12;1-2/h7H,2-6H2,1H3,(H2,10,12);1-2H3. The second kappa shape index (κ2) is 7.96. The first-order valence-electron chi connectivity index (χ1n) is 5.86. The lowest BCUT2D eigenvalue weighted by Crippen LogP contribution is -2.41. The summed E-state index contributed by atoms with van der Waals surface area (Å²) >= 11 is 0. The maximum Gasteiger partial charge on any atom is 0.409 e. The molecule has 0 aromatic rings. The Balaban J connectivity index is 0.00000106. The molecule has 5 nitrogen and oxygen atoms in total. The fourth-order valence-corrected chi connectivity index (χ4v) is 1.56. The number of carbonyl (C=O) groups is 2. The number of hydrogen-bond acceptors (Lipinski definition) is 3. The molecule has 94 valence electrons. The van der Waals surface area contributed by atoms with Gasteiger partial charge >= 0.3 is 6.09 Å². The lowest BCUT2D eigenvalue weighted by Gasteiger charge is -2.29. The van der Waals surface area contributed by atoms with Crippen molar-refractivity contribution in [2.75, 3.05) is 19.7 Å². The lowest BCUT2D eigenvalue weighted by molar-refractivity contribution is -0.123. The molecule has 0 unspecified atom stereocenters. The number of hydrogen-bond donors (Lipinski definition) is 1. The number of piperidine rings is 1. The number of nitrogens with two attached hydrogens (primary N) is 1. The van der Waals surface area contributed by atoms with E-state index < -0.39 is 0 Å². The van der Waals surface area contributed by atoms with Crippen molar-refractivity contribution in [3.8, 4) is 0 Å². The molecule has 0 radical (unpaired) electrons. The van der Waals surface area contributed by atoms with Gasteiger partial charge in [0, 0.05) is 19.0 Å². The smallest absolute Gasteiger partial charge is 0.409 e. The Morgan fingerprint density at radius 2 is 1.81 bits per heavy atom. The Hall–Kier alpha value is -1.26. The first-order valence-corrected chi connectivity index (χ1v) is 5.86. The van der Waals surface area contributed by atoms with Crippen LogP contribution in [0.3, 0.4) is 0 Å². The molecular weight excluding hydrogens is 208 g/mol. The van der Waals surface area contributed by atoms with E-state index in [9.17, 15) is 9.59 Å². The average Bonchev–Trinajstić information content (AvgIpc) is 2.32. The van der Waals surface area contributed by atoms with Crippen molar-refractivity contribution in [3.63, 3.8) is 0 Å². The summed E-state index contributed by atoms with van der Waals surface area (Å²) in [4.78, 5) is 23.7. The predicted octanol–water partition coefficient (Wildman–Crippen LogP) is 1.37. The monoisotopic (exact) mass is 230 g/mol. The van der Waals surface area contributed by atoms with Crippen LogP contribution >= 0.6 is 0 Å². The Morgan fingerprint density at radius 3 is 2.19 bits per heavy atom. The first kappa shape index (κ1) is 14.7. The topological polar surface area (TPSA) is 72.6 Å². The van der Waals surface area contributed by atoms with E-state index >= 15 is 0 Å². The van der Waals surface area contributed by atoms with Gasteiger partial charge in [0.15, 0.2) is 0 Å². The van der Waals surface area contributed by atoms with E-state index in [1.807, 2.05) is 13.8 Å². The molecule has 5 heteroatoms. The minimum Gasteiger partial charge on any atom is -0.450 e. The third-order valence-electron chi connectivity index (χ3n) is 2.42. The average molecular weight is 230 g/mol. The van der Waals surface area contributed by atoms with Crippen LogP contribution in [0.15, 0.2) is 0 Å². The molecule has 1 rings (SSSR count). The molecular formula is C11H22N2O3. The van der Waals surface area contributed by atoms with Crippen LogP contribution in [0.4, 0.5) is 4.79 Å². The van der Waals surface area contributed by atoms with Crippen LogP contribution in [0.25, 0.3) is 0 Å². The molecule has 0 aromatic heterocycles. The molecule has 1 heterocycles. The number of ether oxygens (including phenoxy) is 1. The fourth-order valence-electron chi connectivity index (χ4n) is 1.56. The van der Waals surface area contributed by atoms with E-state index in [-0.39, 0.29) is 17.9 Å². The zero-order valence-electron chi connectivity index (χ0n) is 10.4. The van der Waals surface area contributed by atoms with E-state index in [0.717, 1.165) is 0 Å². The highest BCUT2D eigenvalue weighted by atomic mass is 16.6. The van der Waals surface area contributed by atoms with Crippen LogP contribution in [-0.4, -0.2) is 36.6 Å². The predicted molar refractivity (Wildman–Crippen MR) is 61.9 cm³/mol. The minimum absolute atomic E-state index is 0.0827. The molecule has 16 heavy (non-hydrogen) atoms. The highest BCUT2D eigenvalue weighted by molar-refractivity contribution is 5.77. The first-order chi connectivity index (χ1) is 7.65. The van der Waals surface area contributed by atoms with E-state index in [4.69, 9.17) is 10.5 Å². The summed E-state index contributed by atoms with van der Waals surface area (Å²) in [6.07, 6.45) is 0.998. The summed E-state index contributed by atoms with van der Waals surface area (Å²) in [5, 5.41) is 0. The van der Waals surface area contributed by atoms with Gasteiger partial charge in [0.25, 0.3) is 0 Å². The molecule has 1 aliphatic heterocycles. The highest BCUT2D eigenvalue weighted by Crippen LogP contribution is 2.16. The summed E-state index contributed by atoms with van der Waals surface area (Å²) in [6.45, 7) is 7.28. The Bertz CT molecular complexity index is 223. The SMILES string of the molecule is CC.CCOC(=O)N1CCC(C(N)=O)CC1. The summed E-state index contributed by atoms with van der Waals surface area (Å²) in [5.41, 5.74) is 5.17. The van der Waals surface area contributed by atoms with Crippen LogP contribution in [-0.2, 0) is 9.53 Å². The van der Waals surface area contributed by atoms with Crippen molar-refractivity contribution in [1.82, 2.24) is 4.90 Å². The Morgan fingerprint density at radius 1 is 1.31 bits per heavy atom. The third kappa shape index (κ3) is 4.51. The zero-order chi connectivity index (χ0) is 12.6. The van der Waals surface area contributed by atoms with Crippen LogP contribution in [0.5, 0.6) is 0 Å². The molecule has 0 atom stereocenters. The maximum absolute atomic E-state index is 11.3. The van der Waals surface area contributed by atoms with Crippen molar-refractivity contribution in [2.45, 2.75) is 33.6 Å². The molecule has 1 fully saturated rings. The molecule has 1 aliphatic rings. The normalized spacial score (nSPS) is 16.1. The molecule has 2 amide bonds. The van der Waals surface area contributed by atoms with E-state index in [2.05, 4.69) is 0 Å². The summed E-state index contributed by atoms with van der Waals surface area (Å²) in [5.74, 6) is -0.353.